The molecule has 0 bridgehead atoms. The fraction of sp³-hybridized carbons (Fsp3) is 0.0833. The fourth-order valence-corrected chi connectivity index (χ4v) is 5.21. The van der Waals surface area contributed by atoms with Gasteiger partial charge in [0.05, 0.1) is 7.14 Å². The maximum absolute atomic E-state index is 12.4. The summed E-state index contributed by atoms with van der Waals surface area (Å²) < 4.78 is 9.05. The van der Waals surface area contributed by atoms with E-state index in [1.165, 1.54) is 3.57 Å². The first-order valence-corrected chi connectivity index (χ1v) is 12.5. The van der Waals surface area contributed by atoms with Crippen molar-refractivity contribution in [1.29, 1.82) is 5.26 Å². The van der Waals surface area contributed by atoms with Gasteiger partial charge in [-0.25, -0.2) is 0 Å². The second-order valence-corrected chi connectivity index (χ2v) is 10.1. The highest BCUT2D eigenvalue weighted by Gasteiger charge is 2.12. The number of nitriles is 1. The summed E-state index contributed by atoms with van der Waals surface area (Å²) in [5, 5.41) is 12.3. The van der Waals surface area contributed by atoms with E-state index in [9.17, 15) is 10.1 Å². The zero-order valence-corrected chi connectivity index (χ0v) is 22.7. The van der Waals surface area contributed by atoms with Gasteiger partial charge in [0.2, 0.25) is 0 Å². The lowest BCUT2D eigenvalue weighted by Crippen LogP contribution is -2.23. The Morgan fingerprint density at radius 3 is 2.23 bits per heavy atom. The Morgan fingerprint density at radius 2 is 1.61 bits per heavy atom. The topological polar surface area (TPSA) is 62.1 Å². The summed E-state index contributed by atoms with van der Waals surface area (Å²) in [6.45, 7) is 0.850. The predicted molar refractivity (Wildman–Crippen MR) is 147 cm³/mol. The first-order chi connectivity index (χ1) is 15.0. The van der Waals surface area contributed by atoms with Crippen LogP contribution in [0, 0.1) is 22.0 Å². The smallest absolute Gasteiger partial charge is 0.262 e. The third-order valence-corrected chi connectivity index (χ3v) is 6.61. The Balaban J connectivity index is 1.71. The number of nitrogens with zero attached hydrogens (tertiary/aromatic N) is 1. The molecule has 7 heteroatoms. The van der Waals surface area contributed by atoms with Gasteiger partial charge in [-0.15, -0.1) is 0 Å². The summed E-state index contributed by atoms with van der Waals surface area (Å²) in [6.07, 6.45) is 1.60. The van der Waals surface area contributed by atoms with Crippen LogP contribution in [0.1, 0.15) is 16.7 Å². The van der Waals surface area contributed by atoms with Crippen LogP contribution in [0.5, 0.6) is 5.75 Å². The highest BCUT2D eigenvalue weighted by atomic mass is 127. The molecule has 1 N–H and O–H groups in total. The summed E-state index contributed by atoms with van der Waals surface area (Å²) in [7, 11) is 0. The van der Waals surface area contributed by atoms with E-state index in [4.69, 9.17) is 4.74 Å². The number of benzene rings is 3. The average molecular weight is 746 g/mol. The molecule has 0 aliphatic carbocycles. The van der Waals surface area contributed by atoms with Gasteiger partial charge in [-0.2, -0.15) is 5.26 Å². The van der Waals surface area contributed by atoms with Gasteiger partial charge < -0.3 is 10.1 Å². The van der Waals surface area contributed by atoms with Crippen LogP contribution in [0.15, 0.2) is 72.3 Å². The number of carbonyl (C=O) groups excluding carboxylic acids is 1. The molecule has 1 amide bonds. The van der Waals surface area contributed by atoms with Gasteiger partial charge in [0.1, 0.15) is 24.0 Å². The molecule has 3 rings (SSSR count). The van der Waals surface area contributed by atoms with Crippen molar-refractivity contribution in [3.8, 4) is 11.8 Å². The van der Waals surface area contributed by atoms with Crippen molar-refractivity contribution in [3.63, 3.8) is 0 Å². The second-order valence-electron chi connectivity index (χ2n) is 6.57. The maximum Gasteiger partial charge on any atom is 0.262 e. The van der Waals surface area contributed by atoms with Crippen LogP contribution in [0.2, 0.25) is 0 Å². The highest BCUT2D eigenvalue weighted by molar-refractivity contribution is 14.1. The summed E-state index contributed by atoms with van der Waals surface area (Å²) in [5.41, 5.74) is 2.92. The molecular weight excluding hydrogens is 729 g/mol. The van der Waals surface area contributed by atoms with Crippen LogP contribution in [0.3, 0.4) is 0 Å². The number of hydrogen-bond acceptors (Lipinski definition) is 3. The molecule has 3 aromatic rings. The van der Waals surface area contributed by atoms with Gasteiger partial charge in [-0.1, -0.05) is 42.5 Å². The third-order valence-electron chi connectivity index (χ3n) is 4.29. The summed E-state index contributed by atoms with van der Waals surface area (Å²) in [4.78, 5) is 12.4. The number of nitrogens with one attached hydrogen (secondary N) is 1. The van der Waals surface area contributed by atoms with Crippen molar-refractivity contribution in [1.82, 2.24) is 5.32 Å². The third kappa shape index (κ3) is 7.18. The van der Waals surface area contributed by atoms with Gasteiger partial charge in [0.25, 0.3) is 5.91 Å². The Kier molecular flexibility index (Phi) is 9.15. The molecule has 0 saturated heterocycles. The molecule has 0 saturated carbocycles. The van der Waals surface area contributed by atoms with Crippen molar-refractivity contribution in [3.05, 3.63) is 99.7 Å². The monoisotopic (exact) mass is 746 g/mol. The van der Waals surface area contributed by atoms with E-state index in [0.717, 1.165) is 29.6 Å². The predicted octanol–water partition coefficient (Wildman–Crippen LogP) is 6.30. The number of ether oxygens (including phenoxy) is 1. The number of carbonyl (C=O) groups is 1. The molecule has 0 radical (unpaired) electrons. The van der Waals surface area contributed by atoms with E-state index >= 15 is 0 Å². The zero-order valence-electron chi connectivity index (χ0n) is 16.2. The van der Waals surface area contributed by atoms with Gasteiger partial charge >= 0.3 is 0 Å². The Bertz CT molecular complexity index is 1110. The minimum atomic E-state index is -0.393. The first kappa shape index (κ1) is 24.0. The summed E-state index contributed by atoms with van der Waals surface area (Å²) >= 11 is 6.71. The minimum absolute atomic E-state index is 0.0649. The first-order valence-electron chi connectivity index (χ1n) is 9.26. The van der Waals surface area contributed by atoms with E-state index in [1.54, 1.807) is 6.08 Å². The summed E-state index contributed by atoms with van der Waals surface area (Å²) in [5.74, 6) is 0.402. The number of amides is 1. The van der Waals surface area contributed by atoms with Crippen molar-refractivity contribution >= 4 is 79.8 Å². The largest absolute Gasteiger partial charge is 0.487 e. The molecule has 0 fully saturated rings. The minimum Gasteiger partial charge on any atom is -0.487 e. The molecular formula is C24H17I3N2O2. The number of rotatable bonds is 7. The Morgan fingerprint density at radius 1 is 0.968 bits per heavy atom. The Labute approximate surface area is 222 Å². The second kappa shape index (κ2) is 11.8. The molecule has 4 nitrogen and oxygen atoms in total. The fourth-order valence-electron chi connectivity index (χ4n) is 2.73. The van der Waals surface area contributed by atoms with E-state index in [1.807, 2.05) is 60.7 Å². The highest BCUT2D eigenvalue weighted by Crippen LogP contribution is 2.30. The van der Waals surface area contributed by atoms with Crippen molar-refractivity contribution < 1.29 is 9.53 Å². The lowest BCUT2D eigenvalue weighted by Gasteiger charge is -2.12. The van der Waals surface area contributed by atoms with Crippen LogP contribution in [0.25, 0.3) is 6.08 Å². The van der Waals surface area contributed by atoms with Crippen LogP contribution >= 0.6 is 67.8 Å². The molecule has 0 aliphatic heterocycles. The van der Waals surface area contributed by atoms with E-state index in [-0.39, 0.29) is 5.57 Å². The molecule has 0 atom stereocenters. The normalized spacial score (nSPS) is 11.0. The number of halogens is 3. The lowest BCUT2D eigenvalue weighted by atomic mass is 10.1. The van der Waals surface area contributed by atoms with Crippen molar-refractivity contribution in [2.75, 3.05) is 0 Å². The Hall–Kier alpha value is -1.65. The molecule has 0 aromatic heterocycles. The molecule has 3 aromatic carbocycles. The van der Waals surface area contributed by atoms with Gasteiger partial charge in [0, 0.05) is 10.1 Å². The van der Waals surface area contributed by atoms with Crippen LogP contribution < -0.4 is 10.1 Å². The van der Waals surface area contributed by atoms with Crippen LogP contribution in [-0.2, 0) is 17.9 Å². The molecule has 156 valence electrons. The van der Waals surface area contributed by atoms with Gasteiger partial charge in [-0.3, -0.25) is 4.79 Å². The van der Waals surface area contributed by atoms with E-state index < -0.39 is 5.91 Å². The van der Waals surface area contributed by atoms with Crippen molar-refractivity contribution in [2.24, 2.45) is 0 Å². The zero-order chi connectivity index (χ0) is 22.2. The van der Waals surface area contributed by atoms with Crippen LogP contribution in [-0.4, -0.2) is 5.91 Å². The van der Waals surface area contributed by atoms with Gasteiger partial charge in [0.15, 0.2) is 0 Å². The lowest BCUT2D eigenvalue weighted by molar-refractivity contribution is -0.117. The molecule has 0 aliphatic rings. The van der Waals surface area contributed by atoms with Gasteiger partial charge in [-0.05, 0) is 115 Å². The van der Waals surface area contributed by atoms with E-state index in [0.29, 0.717) is 13.2 Å². The van der Waals surface area contributed by atoms with E-state index in [2.05, 4.69) is 85.2 Å². The van der Waals surface area contributed by atoms with Crippen LogP contribution in [0.4, 0.5) is 0 Å². The maximum atomic E-state index is 12.4. The SMILES string of the molecule is N#C/C(=C/c1cc(I)c(OCc2ccc(I)cc2)c(I)c1)C(=O)NCc1ccccc1. The molecule has 0 heterocycles. The molecule has 0 unspecified atom stereocenters. The number of hydrogen-bond donors (Lipinski definition) is 1. The van der Waals surface area contributed by atoms with Crippen molar-refractivity contribution in [2.45, 2.75) is 13.2 Å². The summed E-state index contributed by atoms with van der Waals surface area (Å²) in [6, 6.07) is 23.6. The quantitative estimate of drug-likeness (QED) is 0.176. The molecule has 0 spiro atoms. The standard InChI is InChI=1S/C24H17I3N2O2/c25-20-8-6-17(7-9-20)15-31-23-21(26)11-18(12-22(23)27)10-19(13-28)24(30)29-14-16-4-2-1-3-5-16/h1-12H,14-15H2,(H,29,30)/b19-10-. The molecule has 31 heavy (non-hydrogen) atoms. The average Bonchev–Trinajstić information content (AvgIpc) is 2.77.